The quantitative estimate of drug-likeness (QED) is 0.555. The van der Waals surface area contributed by atoms with Crippen LogP contribution in [0.3, 0.4) is 0 Å². The summed E-state index contributed by atoms with van der Waals surface area (Å²) >= 11 is 0. The van der Waals surface area contributed by atoms with E-state index in [1.807, 2.05) is 0 Å². The summed E-state index contributed by atoms with van der Waals surface area (Å²) in [4.78, 5) is 0. The molecule has 1 aliphatic rings. The van der Waals surface area contributed by atoms with Crippen molar-refractivity contribution in [1.29, 1.82) is 0 Å². The standard InChI is InChI=1S/C11H22FNO2S/c12-8-9-4-5-11(13)10(7-9)3-1-2-6-16(14)15/h9-11,16H,1-8,13H2. The van der Waals surface area contributed by atoms with Gasteiger partial charge in [-0.25, -0.2) is 8.42 Å². The molecule has 96 valence electrons. The lowest BCUT2D eigenvalue weighted by molar-refractivity contribution is 0.189. The maximum atomic E-state index is 12.6. The third-order valence-corrected chi connectivity index (χ3v) is 4.22. The molecule has 1 rings (SSSR count). The first-order valence-corrected chi connectivity index (χ1v) is 7.43. The van der Waals surface area contributed by atoms with Crippen molar-refractivity contribution in [1.82, 2.24) is 0 Å². The van der Waals surface area contributed by atoms with E-state index in [9.17, 15) is 12.8 Å². The number of halogens is 1. The Balaban J connectivity index is 2.23. The lowest BCUT2D eigenvalue weighted by Gasteiger charge is -2.33. The molecule has 0 heterocycles. The van der Waals surface area contributed by atoms with E-state index in [0.29, 0.717) is 12.3 Å². The highest BCUT2D eigenvalue weighted by Gasteiger charge is 2.27. The molecule has 3 unspecified atom stereocenters. The van der Waals surface area contributed by atoms with E-state index >= 15 is 0 Å². The van der Waals surface area contributed by atoms with Gasteiger partial charge in [0.25, 0.3) is 0 Å². The molecule has 0 saturated heterocycles. The largest absolute Gasteiger partial charge is 0.327 e. The Morgan fingerprint density at radius 3 is 2.62 bits per heavy atom. The van der Waals surface area contributed by atoms with Gasteiger partial charge >= 0.3 is 0 Å². The minimum atomic E-state index is -2.24. The van der Waals surface area contributed by atoms with Crippen LogP contribution >= 0.6 is 0 Å². The second kappa shape index (κ2) is 7.22. The molecule has 16 heavy (non-hydrogen) atoms. The molecule has 0 spiro atoms. The van der Waals surface area contributed by atoms with Gasteiger partial charge in [0, 0.05) is 11.8 Å². The van der Waals surface area contributed by atoms with E-state index in [0.717, 1.165) is 32.1 Å². The molecule has 3 atom stereocenters. The van der Waals surface area contributed by atoms with Crippen molar-refractivity contribution in [3.8, 4) is 0 Å². The Kier molecular flexibility index (Phi) is 6.28. The van der Waals surface area contributed by atoms with E-state index < -0.39 is 10.7 Å². The van der Waals surface area contributed by atoms with Crippen molar-refractivity contribution >= 4 is 10.7 Å². The minimum Gasteiger partial charge on any atom is -0.327 e. The van der Waals surface area contributed by atoms with E-state index in [1.165, 1.54) is 0 Å². The van der Waals surface area contributed by atoms with Gasteiger partial charge in [-0.05, 0) is 43.9 Å². The second-order valence-corrected chi connectivity index (χ2v) is 5.92. The first-order valence-electron chi connectivity index (χ1n) is 6.06. The first kappa shape index (κ1) is 13.9. The van der Waals surface area contributed by atoms with Gasteiger partial charge < -0.3 is 5.73 Å². The normalized spacial score (nSPS) is 30.8. The molecule has 0 aromatic rings. The van der Waals surface area contributed by atoms with Crippen LogP contribution in [0.4, 0.5) is 4.39 Å². The van der Waals surface area contributed by atoms with E-state index in [-0.39, 0.29) is 24.4 Å². The van der Waals surface area contributed by atoms with Gasteiger partial charge in [-0.15, -0.1) is 0 Å². The molecule has 0 bridgehead atoms. The van der Waals surface area contributed by atoms with Crippen molar-refractivity contribution in [3.63, 3.8) is 0 Å². The first-order chi connectivity index (χ1) is 7.63. The monoisotopic (exact) mass is 251 g/mol. The Labute approximate surface area is 98.5 Å². The minimum absolute atomic E-state index is 0.181. The molecule has 0 amide bonds. The molecule has 0 radical (unpaired) electrons. The average molecular weight is 251 g/mol. The Morgan fingerprint density at radius 1 is 1.25 bits per heavy atom. The highest BCUT2D eigenvalue weighted by molar-refractivity contribution is 7.72. The van der Waals surface area contributed by atoms with Crippen LogP contribution in [0.2, 0.25) is 0 Å². The molecule has 0 aromatic carbocycles. The number of nitrogens with two attached hydrogens (primary N) is 1. The maximum absolute atomic E-state index is 12.6. The van der Waals surface area contributed by atoms with Crippen molar-refractivity contribution < 1.29 is 12.8 Å². The van der Waals surface area contributed by atoms with Gasteiger partial charge in [0.2, 0.25) is 0 Å². The number of thiol groups is 1. The summed E-state index contributed by atoms with van der Waals surface area (Å²) in [6.45, 7) is -0.240. The fourth-order valence-electron chi connectivity index (χ4n) is 2.50. The smallest absolute Gasteiger partial charge is 0.140 e. The second-order valence-electron chi connectivity index (χ2n) is 4.81. The predicted molar refractivity (Wildman–Crippen MR) is 63.8 cm³/mol. The van der Waals surface area contributed by atoms with Gasteiger partial charge in [0.15, 0.2) is 0 Å². The molecule has 1 aliphatic carbocycles. The fraction of sp³-hybridized carbons (Fsp3) is 1.00. The van der Waals surface area contributed by atoms with Crippen molar-refractivity contribution in [2.75, 3.05) is 12.4 Å². The van der Waals surface area contributed by atoms with Crippen LogP contribution in [0, 0.1) is 11.8 Å². The summed E-state index contributed by atoms with van der Waals surface area (Å²) in [5.74, 6) is 0.837. The number of hydrogen-bond donors (Lipinski definition) is 2. The van der Waals surface area contributed by atoms with Gasteiger partial charge in [-0.1, -0.05) is 6.42 Å². The van der Waals surface area contributed by atoms with Crippen LogP contribution in [-0.2, 0) is 10.7 Å². The Morgan fingerprint density at radius 2 is 2.00 bits per heavy atom. The summed E-state index contributed by atoms with van der Waals surface area (Å²) in [6.07, 6.45) is 5.24. The van der Waals surface area contributed by atoms with Crippen LogP contribution in [0.25, 0.3) is 0 Å². The average Bonchev–Trinajstić information content (AvgIpc) is 2.26. The summed E-state index contributed by atoms with van der Waals surface area (Å²) < 4.78 is 33.3. The van der Waals surface area contributed by atoms with Crippen molar-refractivity contribution in [2.24, 2.45) is 17.6 Å². The number of hydrogen-bond acceptors (Lipinski definition) is 3. The van der Waals surface area contributed by atoms with Gasteiger partial charge in [-0.3, -0.25) is 4.39 Å². The number of unbranched alkanes of at least 4 members (excludes halogenated alkanes) is 1. The maximum Gasteiger partial charge on any atom is 0.140 e. The van der Waals surface area contributed by atoms with Crippen molar-refractivity contribution in [2.45, 2.75) is 44.6 Å². The molecular weight excluding hydrogens is 229 g/mol. The highest BCUT2D eigenvalue weighted by Crippen LogP contribution is 2.31. The molecule has 1 saturated carbocycles. The van der Waals surface area contributed by atoms with Crippen LogP contribution in [-0.4, -0.2) is 26.9 Å². The molecule has 0 aliphatic heterocycles. The molecule has 0 aromatic heterocycles. The Hall–Kier alpha value is -0.160. The summed E-state index contributed by atoms with van der Waals surface area (Å²) in [6, 6.07) is 0.184. The van der Waals surface area contributed by atoms with Crippen LogP contribution in [0.5, 0.6) is 0 Å². The van der Waals surface area contributed by atoms with E-state index in [1.54, 1.807) is 0 Å². The summed E-state index contributed by atoms with van der Waals surface area (Å²) in [5.41, 5.74) is 6.00. The predicted octanol–water partition coefficient (Wildman–Crippen LogP) is 1.48. The highest BCUT2D eigenvalue weighted by atomic mass is 32.2. The van der Waals surface area contributed by atoms with Gasteiger partial charge in [-0.2, -0.15) is 0 Å². The molecule has 2 N–H and O–H groups in total. The Bertz CT molecular complexity index is 263. The van der Waals surface area contributed by atoms with Gasteiger partial charge in [0.05, 0.1) is 6.67 Å². The summed E-state index contributed by atoms with van der Waals surface area (Å²) in [5, 5.41) is 0. The zero-order valence-corrected chi connectivity index (χ0v) is 10.5. The molecule has 1 fully saturated rings. The number of rotatable bonds is 6. The van der Waals surface area contributed by atoms with Crippen LogP contribution in [0.1, 0.15) is 38.5 Å². The molecule has 3 nitrogen and oxygen atoms in total. The lowest BCUT2D eigenvalue weighted by atomic mass is 9.77. The SMILES string of the molecule is NC1CCC(CF)CC1CCCC[SH](=O)=O. The van der Waals surface area contributed by atoms with Crippen molar-refractivity contribution in [3.05, 3.63) is 0 Å². The molecular formula is C11H22FNO2S. The van der Waals surface area contributed by atoms with E-state index in [2.05, 4.69) is 0 Å². The lowest BCUT2D eigenvalue weighted by Crippen LogP contribution is -2.36. The fourth-order valence-corrected chi connectivity index (χ4v) is 2.99. The topological polar surface area (TPSA) is 60.2 Å². The zero-order chi connectivity index (χ0) is 12.0. The van der Waals surface area contributed by atoms with Crippen LogP contribution < -0.4 is 5.73 Å². The number of alkyl halides is 1. The summed E-state index contributed by atoms with van der Waals surface area (Å²) in [7, 11) is -2.24. The zero-order valence-electron chi connectivity index (χ0n) is 9.61. The third kappa shape index (κ3) is 4.78. The molecule has 5 heteroatoms. The van der Waals surface area contributed by atoms with Crippen LogP contribution in [0.15, 0.2) is 0 Å². The van der Waals surface area contributed by atoms with E-state index in [4.69, 9.17) is 5.73 Å². The van der Waals surface area contributed by atoms with Gasteiger partial charge in [0.1, 0.15) is 10.7 Å². The third-order valence-electron chi connectivity index (χ3n) is 3.53.